The number of nitrogens with one attached hydrogen (secondary N) is 1. The van der Waals surface area contributed by atoms with Crippen LogP contribution in [0.15, 0.2) is 55.0 Å². The van der Waals surface area contributed by atoms with E-state index in [0.29, 0.717) is 16.9 Å². The molecule has 0 saturated heterocycles. The third-order valence-electron chi connectivity index (χ3n) is 3.75. The number of rotatable bonds is 3. The first-order valence-electron chi connectivity index (χ1n) is 7.93. The number of aromatic nitrogens is 4. The molecule has 3 heterocycles. The summed E-state index contributed by atoms with van der Waals surface area (Å²) in [6.07, 6.45) is -0.610. The lowest BCUT2D eigenvalue weighted by Crippen LogP contribution is -2.13. The van der Waals surface area contributed by atoms with Crippen molar-refractivity contribution in [3.8, 4) is 11.3 Å². The molecule has 0 aliphatic heterocycles. The standard InChI is InChI=1S/C18H10F3N5OS/c19-18(20,21)11-8-12(10-4-2-1-3-5-10)24-15-14(11)28-17(25-15)26-16(27)13-9-22-6-7-23-13/h1-9H,(H,24,25,26,27). The second kappa shape index (κ2) is 6.97. The fraction of sp³-hybridized carbons (Fsp3) is 0.0556. The molecule has 4 rings (SSSR count). The number of amides is 1. The van der Waals surface area contributed by atoms with Crippen molar-refractivity contribution in [2.24, 2.45) is 0 Å². The fourth-order valence-corrected chi connectivity index (χ4v) is 3.45. The molecule has 6 nitrogen and oxygen atoms in total. The van der Waals surface area contributed by atoms with Crippen molar-refractivity contribution < 1.29 is 18.0 Å². The summed E-state index contributed by atoms with van der Waals surface area (Å²) in [5.74, 6) is -0.621. The van der Waals surface area contributed by atoms with E-state index in [-0.39, 0.29) is 26.9 Å². The summed E-state index contributed by atoms with van der Waals surface area (Å²) < 4.78 is 40.6. The average molecular weight is 401 g/mol. The molecule has 0 unspecified atom stereocenters. The second-order valence-corrected chi connectivity index (χ2v) is 6.63. The molecule has 1 N–H and O–H groups in total. The normalized spacial score (nSPS) is 11.5. The Hall–Kier alpha value is -3.40. The van der Waals surface area contributed by atoms with E-state index in [2.05, 4.69) is 25.3 Å². The van der Waals surface area contributed by atoms with Crippen molar-refractivity contribution in [2.75, 3.05) is 5.32 Å². The van der Waals surface area contributed by atoms with Gasteiger partial charge in [0.2, 0.25) is 0 Å². The Balaban J connectivity index is 1.78. The number of anilines is 1. The lowest BCUT2D eigenvalue weighted by atomic mass is 10.1. The zero-order valence-corrected chi connectivity index (χ0v) is 14.8. The highest BCUT2D eigenvalue weighted by Crippen LogP contribution is 2.40. The highest BCUT2D eigenvalue weighted by molar-refractivity contribution is 7.22. The number of carbonyl (C=O) groups is 1. The number of fused-ring (bicyclic) bond motifs is 1. The van der Waals surface area contributed by atoms with Crippen molar-refractivity contribution in [1.29, 1.82) is 0 Å². The van der Waals surface area contributed by atoms with E-state index >= 15 is 0 Å². The van der Waals surface area contributed by atoms with Crippen LogP contribution in [0, 0.1) is 0 Å². The Bertz CT molecular complexity index is 1150. The molecule has 3 aromatic heterocycles. The maximum atomic E-state index is 13.6. The molecule has 0 spiro atoms. The summed E-state index contributed by atoms with van der Waals surface area (Å²) in [5.41, 5.74) is -0.233. The van der Waals surface area contributed by atoms with Gasteiger partial charge in [-0.1, -0.05) is 41.7 Å². The number of nitrogens with zero attached hydrogens (tertiary/aromatic N) is 4. The SMILES string of the molecule is O=C(Nc1nc2nc(-c3ccccc3)cc(C(F)(F)F)c2s1)c1cnccn1. The predicted molar refractivity (Wildman–Crippen MR) is 97.8 cm³/mol. The van der Waals surface area contributed by atoms with Crippen LogP contribution in [0.4, 0.5) is 18.3 Å². The Labute approximate surface area is 160 Å². The maximum Gasteiger partial charge on any atom is 0.417 e. The van der Waals surface area contributed by atoms with Crippen LogP contribution in [0.3, 0.4) is 0 Å². The molecule has 1 aromatic carbocycles. The highest BCUT2D eigenvalue weighted by atomic mass is 32.1. The largest absolute Gasteiger partial charge is 0.417 e. The molecule has 0 bridgehead atoms. The van der Waals surface area contributed by atoms with Crippen LogP contribution in [0.2, 0.25) is 0 Å². The third-order valence-corrected chi connectivity index (χ3v) is 4.75. The zero-order chi connectivity index (χ0) is 19.7. The van der Waals surface area contributed by atoms with Crippen molar-refractivity contribution in [1.82, 2.24) is 19.9 Å². The Morgan fingerprint density at radius 2 is 1.86 bits per heavy atom. The van der Waals surface area contributed by atoms with E-state index in [4.69, 9.17) is 0 Å². The molecule has 0 aliphatic rings. The first kappa shape index (κ1) is 18.0. The molecular weight excluding hydrogens is 391 g/mol. The fourth-order valence-electron chi connectivity index (χ4n) is 2.51. The summed E-state index contributed by atoms with van der Waals surface area (Å²) >= 11 is 0.704. The highest BCUT2D eigenvalue weighted by Gasteiger charge is 2.35. The number of pyridine rings is 1. The molecule has 0 aliphatic carbocycles. The van der Waals surface area contributed by atoms with Gasteiger partial charge in [0.1, 0.15) is 5.69 Å². The smallest absolute Gasteiger partial charge is 0.296 e. The topological polar surface area (TPSA) is 80.7 Å². The predicted octanol–water partition coefficient (Wildman–Crippen LogP) is 4.42. The first-order chi connectivity index (χ1) is 13.4. The van der Waals surface area contributed by atoms with Crippen LogP contribution < -0.4 is 5.32 Å². The van der Waals surface area contributed by atoms with Gasteiger partial charge in [-0.2, -0.15) is 18.2 Å². The van der Waals surface area contributed by atoms with Gasteiger partial charge in [0.25, 0.3) is 5.91 Å². The Morgan fingerprint density at radius 1 is 1.07 bits per heavy atom. The van der Waals surface area contributed by atoms with E-state index < -0.39 is 17.6 Å². The number of benzene rings is 1. The van der Waals surface area contributed by atoms with Crippen molar-refractivity contribution in [3.05, 3.63) is 66.2 Å². The van der Waals surface area contributed by atoms with E-state index in [0.717, 1.165) is 6.07 Å². The molecule has 0 atom stereocenters. The van der Waals surface area contributed by atoms with Gasteiger partial charge in [-0.15, -0.1) is 0 Å². The van der Waals surface area contributed by atoms with Gasteiger partial charge in [0, 0.05) is 18.0 Å². The molecule has 4 aromatic rings. The van der Waals surface area contributed by atoms with Crippen LogP contribution >= 0.6 is 11.3 Å². The third kappa shape index (κ3) is 3.54. The molecule has 1 amide bonds. The van der Waals surface area contributed by atoms with Gasteiger partial charge in [-0.05, 0) is 6.07 Å². The van der Waals surface area contributed by atoms with Gasteiger partial charge >= 0.3 is 6.18 Å². The maximum absolute atomic E-state index is 13.6. The van der Waals surface area contributed by atoms with Gasteiger partial charge in [-0.25, -0.2) is 9.97 Å². The van der Waals surface area contributed by atoms with E-state index in [1.165, 1.54) is 18.6 Å². The first-order valence-corrected chi connectivity index (χ1v) is 8.75. The zero-order valence-electron chi connectivity index (χ0n) is 13.9. The lowest BCUT2D eigenvalue weighted by Gasteiger charge is -2.09. The van der Waals surface area contributed by atoms with Crippen molar-refractivity contribution >= 4 is 32.7 Å². The molecule has 0 radical (unpaired) electrons. The summed E-state index contributed by atoms with van der Waals surface area (Å²) in [7, 11) is 0. The molecular formula is C18H10F3N5OS. The monoisotopic (exact) mass is 401 g/mol. The Kier molecular flexibility index (Phi) is 4.47. The number of alkyl halides is 3. The minimum Gasteiger partial charge on any atom is -0.296 e. The van der Waals surface area contributed by atoms with Crippen molar-refractivity contribution in [2.45, 2.75) is 6.18 Å². The number of hydrogen-bond acceptors (Lipinski definition) is 6. The van der Waals surface area contributed by atoms with E-state index in [1.54, 1.807) is 30.3 Å². The number of carbonyl (C=O) groups excluding carboxylic acids is 1. The minimum atomic E-state index is -4.59. The second-order valence-electron chi connectivity index (χ2n) is 5.64. The number of hydrogen-bond donors (Lipinski definition) is 1. The van der Waals surface area contributed by atoms with Gasteiger partial charge < -0.3 is 0 Å². The van der Waals surface area contributed by atoms with Crippen molar-refractivity contribution in [3.63, 3.8) is 0 Å². The molecule has 0 fully saturated rings. The van der Waals surface area contributed by atoms with E-state index in [1.807, 2.05) is 0 Å². The number of thiazole rings is 1. The Morgan fingerprint density at radius 3 is 2.54 bits per heavy atom. The molecule has 140 valence electrons. The van der Waals surface area contributed by atoms with Crippen LogP contribution in [0.5, 0.6) is 0 Å². The average Bonchev–Trinajstić information content (AvgIpc) is 3.10. The van der Waals surface area contributed by atoms with E-state index in [9.17, 15) is 18.0 Å². The molecule has 10 heteroatoms. The van der Waals surface area contributed by atoms with Gasteiger partial charge in [-0.3, -0.25) is 15.1 Å². The molecule has 28 heavy (non-hydrogen) atoms. The van der Waals surface area contributed by atoms with Gasteiger partial charge in [0.15, 0.2) is 10.8 Å². The lowest BCUT2D eigenvalue weighted by molar-refractivity contribution is -0.136. The summed E-state index contributed by atoms with van der Waals surface area (Å²) in [5, 5.41) is 2.44. The number of halogens is 3. The van der Waals surface area contributed by atoms with Crippen LogP contribution in [0.25, 0.3) is 21.6 Å². The molecule has 0 saturated carbocycles. The van der Waals surface area contributed by atoms with Gasteiger partial charge in [0.05, 0.1) is 22.2 Å². The van der Waals surface area contributed by atoms with Crippen LogP contribution in [0.1, 0.15) is 16.1 Å². The summed E-state index contributed by atoms with van der Waals surface area (Å²) in [6.45, 7) is 0. The summed E-state index contributed by atoms with van der Waals surface area (Å²) in [6, 6.07) is 9.50. The minimum absolute atomic E-state index is 0.00568. The summed E-state index contributed by atoms with van der Waals surface area (Å²) in [4.78, 5) is 28.1. The van der Waals surface area contributed by atoms with Crippen LogP contribution in [-0.4, -0.2) is 25.8 Å². The quantitative estimate of drug-likeness (QED) is 0.550. The van der Waals surface area contributed by atoms with Crippen LogP contribution in [-0.2, 0) is 6.18 Å².